The van der Waals surface area contributed by atoms with E-state index in [-0.39, 0.29) is 6.54 Å². The highest BCUT2D eigenvalue weighted by Crippen LogP contribution is 2.27. The summed E-state index contributed by atoms with van der Waals surface area (Å²) >= 11 is 5.91. The lowest BCUT2D eigenvalue weighted by molar-refractivity contribution is -0.116. The van der Waals surface area contributed by atoms with Crippen LogP contribution in [-0.2, 0) is 14.8 Å². The molecule has 0 fully saturated rings. The number of sulfonamides is 1. The zero-order valence-corrected chi connectivity index (χ0v) is 15.9. The number of ether oxygens (including phenoxy) is 1. The Morgan fingerprint density at radius 2 is 1.92 bits per heavy atom. The van der Waals surface area contributed by atoms with E-state index in [2.05, 4.69) is 5.32 Å². The van der Waals surface area contributed by atoms with Gasteiger partial charge in [0.15, 0.2) is 0 Å². The standard InChI is InChI=1S/C18H19ClN2O4S/c1-21(26(23,24)11-10-14-6-4-3-5-7-14)13-18(22)20-16-12-15(19)8-9-17(16)25-2/h3-12H,13H2,1-2H3,(H,20,22)/b11-10+. The number of rotatable bonds is 7. The molecule has 0 atom stereocenters. The summed E-state index contributed by atoms with van der Waals surface area (Å²) in [5.74, 6) is -0.0815. The molecule has 1 N–H and O–H groups in total. The first kappa shape index (κ1) is 20.0. The van der Waals surface area contributed by atoms with E-state index >= 15 is 0 Å². The third-order valence-electron chi connectivity index (χ3n) is 3.47. The van der Waals surface area contributed by atoms with E-state index in [9.17, 15) is 13.2 Å². The number of hydrogen-bond donors (Lipinski definition) is 1. The summed E-state index contributed by atoms with van der Waals surface area (Å²) in [4.78, 5) is 12.2. The number of methoxy groups -OCH3 is 1. The SMILES string of the molecule is COc1ccc(Cl)cc1NC(=O)CN(C)S(=O)(=O)/C=C/c1ccccc1. The van der Waals surface area contributed by atoms with Crippen LogP contribution >= 0.6 is 11.6 Å². The normalized spacial score (nSPS) is 11.7. The van der Waals surface area contributed by atoms with Gasteiger partial charge in [-0.25, -0.2) is 8.42 Å². The van der Waals surface area contributed by atoms with Crippen molar-refractivity contribution >= 4 is 39.3 Å². The molecule has 8 heteroatoms. The van der Waals surface area contributed by atoms with E-state index in [0.717, 1.165) is 15.3 Å². The first-order valence-corrected chi connectivity index (χ1v) is 9.53. The number of amides is 1. The van der Waals surface area contributed by atoms with Gasteiger partial charge in [-0.1, -0.05) is 41.9 Å². The minimum atomic E-state index is -3.74. The zero-order valence-electron chi connectivity index (χ0n) is 14.3. The van der Waals surface area contributed by atoms with Gasteiger partial charge in [-0.05, 0) is 29.8 Å². The molecular weight excluding hydrogens is 376 g/mol. The average molecular weight is 395 g/mol. The molecule has 26 heavy (non-hydrogen) atoms. The van der Waals surface area contributed by atoms with Gasteiger partial charge in [0.25, 0.3) is 0 Å². The van der Waals surface area contributed by atoms with E-state index in [1.165, 1.54) is 26.3 Å². The molecule has 0 bridgehead atoms. The van der Waals surface area contributed by atoms with Crippen molar-refractivity contribution in [2.45, 2.75) is 0 Å². The molecule has 2 rings (SSSR count). The van der Waals surface area contributed by atoms with E-state index in [1.807, 2.05) is 18.2 Å². The number of nitrogens with one attached hydrogen (secondary N) is 1. The van der Waals surface area contributed by atoms with Crippen LogP contribution in [-0.4, -0.2) is 39.3 Å². The lowest BCUT2D eigenvalue weighted by Crippen LogP contribution is -2.33. The highest BCUT2D eigenvalue weighted by Gasteiger charge is 2.18. The largest absolute Gasteiger partial charge is 0.495 e. The van der Waals surface area contributed by atoms with Gasteiger partial charge in [-0.15, -0.1) is 0 Å². The molecule has 6 nitrogen and oxygen atoms in total. The second kappa shape index (κ2) is 8.84. The molecule has 0 heterocycles. The molecule has 2 aromatic carbocycles. The van der Waals surface area contributed by atoms with Crippen LogP contribution in [0.15, 0.2) is 53.9 Å². The molecule has 0 radical (unpaired) electrons. The molecule has 0 aliphatic carbocycles. The Morgan fingerprint density at radius 3 is 2.58 bits per heavy atom. The Bertz CT molecular complexity index is 899. The lowest BCUT2D eigenvalue weighted by Gasteiger charge is -2.15. The topological polar surface area (TPSA) is 75.7 Å². The molecule has 0 aliphatic rings. The van der Waals surface area contributed by atoms with Crippen LogP contribution in [0, 0.1) is 0 Å². The van der Waals surface area contributed by atoms with Crippen LogP contribution in [0.25, 0.3) is 6.08 Å². The third-order valence-corrected chi connectivity index (χ3v) is 5.18. The van der Waals surface area contributed by atoms with Gasteiger partial charge in [0.2, 0.25) is 15.9 Å². The van der Waals surface area contributed by atoms with E-state index in [0.29, 0.717) is 16.5 Å². The fraction of sp³-hybridized carbons (Fsp3) is 0.167. The van der Waals surface area contributed by atoms with E-state index in [4.69, 9.17) is 16.3 Å². The summed E-state index contributed by atoms with van der Waals surface area (Å²) in [6, 6.07) is 13.8. The maximum atomic E-state index is 12.3. The summed E-state index contributed by atoms with van der Waals surface area (Å²) in [5.41, 5.74) is 1.12. The van der Waals surface area contributed by atoms with Crippen LogP contribution in [0.3, 0.4) is 0 Å². The number of likely N-dealkylation sites (N-methyl/N-ethyl adjacent to an activating group) is 1. The number of hydrogen-bond acceptors (Lipinski definition) is 4. The Labute approximate surface area is 158 Å². The number of carbonyl (C=O) groups is 1. The monoisotopic (exact) mass is 394 g/mol. The summed E-state index contributed by atoms with van der Waals surface area (Å²) in [5, 5.41) is 4.09. The Balaban J connectivity index is 2.04. The minimum Gasteiger partial charge on any atom is -0.495 e. The van der Waals surface area contributed by atoms with Crippen LogP contribution in [0.2, 0.25) is 5.02 Å². The molecule has 0 unspecified atom stereocenters. The molecule has 0 saturated carbocycles. The highest BCUT2D eigenvalue weighted by molar-refractivity contribution is 7.92. The van der Waals surface area contributed by atoms with Gasteiger partial charge in [0, 0.05) is 17.5 Å². The van der Waals surface area contributed by atoms with Gasteiger partial charge in [-0.3, -0.25) is 4.79 Å². The van der Waals surface area contributed by atoms with Crippen LogP contribution in [0.5, 0.6) is 5.75 Å². The lowest BCUT2D eigenvalue weighted by atomic mass is 10.2. The van der Waals surface area contributed by atoms with Crippen molar-refractivity contribution in [1.29, 1.82) is 0 Å². The average Bonchev–Trinajstić information content (AvgIpc) is 2.61. The number of carbonyl (C=O) groups excluding carboxylic acids is 1. The first-order chi connectivity index (χ1) is 12.3. The molecular formula is C18H19ClN2O4S. The van der Waals surface area contributed by atoms with Crippen molar-refractivity contribution in [1.82, 2.24) is 4.31 Å². The molecule has 1 amide bonds. The zero-order chi connectivity index (χ0) is 19.2. The van der Waals surface area contributed by atoms with E-state index in [1.54, 1.807) is 24.3 Å². The number of benzene rings is 2. The number of halogens is 1. The maximum Gasteiger partial charge on any atom is 0.239 e. The Morgan fingerprint density at radius 1 is 1.23 bits per heavy atom. The van der Waals surface area contributed by atoms with Crippen molar-refractivity contribution < 1.29 is 17.9 Å². The third kappa shape index (κ3) is 5.59. The molecule has 0 aliphatic heterocycles. The van der Waals surface area contributed by atoms with Crippen molar-refractivity contribution in [3.8, 4) is 5.75 Å². The molecule has 138 valence electrons. The Hall–Kier alpha value is -2.35. The van der Waals surface area contributed by atoms with Gasteiger partial charge >= 0.3 is 0 Å². The fourth-order valence-corrected chi connectivity index (χ4v) is 3.10. The molecule has 0 spiro atoms. The summed E-state index contributed by atoms with van der Waals surface area (Å²) in [6.45, 7) is -0.350. The predicted octanol–water partition coefficient (Wildman–Crippen LogP) is 3.22. The van der Waals surface area contributed by atoms with Crippen molar-refractivity contribution in [3.05, 3.63) is 64.5 Å². The minimum absolute atomic E-state index is 0.350. The van der Waals surface area contributed by atoms with E-state index < -0.39 is 15.9 Å². The molecule has 0 aromatic heterocycles. The van der Waals surface area contributed by atoms with Crippen molar-refractivity contribution in [2.75, 3.05) is 26.0 Å². The summed E-state index contributed by atoms with van der Waals surface area (Å²) < 4.78 is 30.7. The first-order valence-electron chi connectivity index (χ1n) is 7.64. The predicted molar refractivity (Wildman–Crippen MR) is 104 cm³/mol. The molecule has 2 aromatic rings. The highest BCUT2D eigenvalue weighted by atomic mass is 35.5. The van der Waals surface area contributed by atoms with Gasteiger partial charge in [0.1, 0.15) is 5.75 Å². The quantitative estimate of drug-likeness (QED) is 0.782. The van der Waals surface area contributed by atoms with Gasteiger partial charge in [-0.2, -0.15) is 4.31 Å². The second-order valence-electron chi connectivity index (χ2n) is 5.41. The van der Waals surface area contributed by atoms with Gasteiger partial charge < -0.3 is 10.1 Å². The van der Waals surface area contributed by atoms with Crippen molar-refractivity contribution in [3.63, 3.8) is 0 Å². The van der Waals surface area contributed by atoms with Crippen molar-refractivity contribution in [2.24, 2.45) is 0 Å². The van der Waals surface area contributed by atoms with Crippen LogP contribution < -0.4 is 10.1 Å². The smallest absolute Gasteiger partial charge is 0.239 e. The summed E-state index contributed by atoms with van der Waals surface area (Å²) in [6.07, 6.45) is 1.48. The number of anilines is 1. The Kier molecular flexibility index (Phi) is 6.79. The maximum absolute atomic E-state index is 12.3. The van der Waals surface area contributed by atoms with Crippen LogP contribution in [0.1, 0.15) is 5.56 Å². The second-order valence-corrected chi connectivity index (χ2v) is 7.77. The number of nitrogens with zero attached hydrogens (tertiary/aromatic N) is 1. The molecule has 0 saturated heterocycles. The summed E-state index contributed by atoms with van der Waals surface area (Å²) in [7, 11) is -0.940. The van der Waals surface area contributed by atoms with Crippen LogP contribution in [0.4, 0.5) is 5.69 Å². The fourth-order valence-electron chi connectivity index (χ4n) is 2.09. The van der Waals surface area contributed by atoms with Gasteiger partial charge in [0.05, 0.1) is 19.3 Å².